The van der Waals surface area contributed by atoms with Crippen LogP contribution in [0.15, 0.2) is 30.3 Å². The molecule has 2 aliphatic rings. The summed E-state index contributed by atoms with van der Waals surface area (Å²) >= 11 is 0. The van der Waals surface area contributed by atoms with Gasteiger partial charge in [0.05, 0.1) is 0 Å². The van der Waals surface area contributed by atoms with Gasteiger partial charge in [-0.25, -0.2) is 9.59 Å². The van der Waals surface area contributed by atoms with Crippen LogP contribution in [0, 0.1) is 11.8 Å². The van der Waals surface area contributed by atoms with Crippen molar-refractivity contribution in [3.05, 3.63) is 35.9 Å². The molecule has 0 radical (unpaired) electrons. The second-order valence-corrected chi connectivity index (χ2v) is 7.33. The predicted molar refractivity (Wildman–Crippen MR) is 84.6 cm³/mol. The minimum atomic E-state index is -0.567. The van der Waals surface area contributed by atoms with Crippen molar-refractivity contribution < 1.29 is 19.1 Å². The molecule has 5 heteroatoms. The Bertz CT molecular complexity index is 593. The Labute approximate surface area is 136 Å². The van der Waals surface area contributed by atoms with E-state index >= 15 is 0 Å². The highest BCUT2D eigenvalue weighted by molar-refractivity contribution is 5.83. The lowest BCUT2D eigenvalue weighted by Crippen LogP contribution is -2.46. The first-order valence-corrected chi connectivity index (χ1v) is 8.05. The molecule has 1 aliphatic heterocycles. The van der Waals surface area contributed by atoms with Crippen molar-refractivity contribution in [3.63, 3.8) is 0 Å². The maximum absolute atomic E-state index is 12.5. The molecule has 5 nitrogen and oxygen atoms in total. The number of nitrogens with zero attached hydrogens (tertiary/aromatic N) is 1. The predicted octanol–water partition coefficient (Wildman–Crippen LogP) is 2.99. The van der Waals surface area contributed by atoms with Crippen molar-refractivity contribution in [2.75, 3.05) is 6.54 Å². The van der Waals surface area contributed by atoms with E-state index < -0.39 is 17.7 Å². The number of fused-ring (bicyclic) bond motifs is 1. The number of hydrogen-bond donors (Lipinski definition) is 0. The van der Waals surface area contributed by atoms with E-state index in [9.17, 15) is 9.59 Å². The normalized spacial score (nSPS) is 25.7. The Kier molecular flexibility index (Phi) is 4.04. The fourth-order valence-corrected chi connectivity index (χ4v) is 3.09. The third-order valence-electron chi connectivity index (χ3n) is 4.24. The Morgan fingerprint density at radius 3 is 2.57 bits per heavy atom. The highest BCUT2D eigenvalue weighted by atomic mass is 16.6. The summed E-state index contributed by atoms with van der Waals surface area (Å²) in [5.41, 5.74) is 0.373. The quantitative estimate of drug-likeness (QED) is 0.804. The van der Waals surface area contributed by atoms with Crippen molar-refractivity contribution >= 4 is 12.1 Å². The molecule has 124 valence electrons. The molecule has 2 fully saturated rings. The number of amides is 1. The molecule has 0 aromatic heterocycles. The Balaban J connectivity index is 1.62. The van der Waals surface area contributed by atoms with Crippen LogP contribution in [-0.2, 0) is 20.9 Å². The van der Waals surface area contributed by atoms with Gasteiger partial charge < -0.3 is 9.47 Å². The van der Waals surface area contributed by atoms with Crippen LogP contribution in [0.5, 0.6) is 0 Å². The van der Waals surface area contributed by atoms with Gasteiger partial charge in [0.1, 0.15) is 18.2 Å². The van der Waals surface area contributed by atoms with Gasteiger partial charge in [-0.1, -0.05) is 30.3 Å². The van der Waals surface area contributed by atoms with E-state index in [0.29, 0.717) is 12.5 Å². The zero-order valence-electron chi connectivity index (χ0n) is 13.8. The van der Waals surface area contributed by atoms with E-state index in [4.69, 9.17) is 9.47 Å². The topological polar surface area (TPSA) is 55.8 Å². The summed E-state index contributed by atoms with van der Waals surface area (Å²) in [6.07, 6.45) is 0.566. The number of carbonyl (C=O) groups excluding carboxylic acids is 2. The van der Waals surface area contributed by atoms with Crippen LogP contribution in [-0.4, -0.2) is 35.2 Å². The molecular formula is C18H23NO4. The summed E-state index contributed by atoms with van der Waals surface area (Å²) in [7, 11) is 0. The zero-order valence-corrected chi connectivity index (χ0v) is 13.8. The summed E-state index contributed by atoms with van der Waals surface area (Å²) in [6, 6.07) is 9.05. The summed E-state index contributed by atoms with van der Waals surface area (Å²) in [6.45, 7) is 6.29. The van der Waals surface area contributed by atoms with Crippen molar-refractivity contribution in [2.45, 2.75) is 45.4 Å². The number of hydrogen-bond acceptors (Lipinski definition) is 4. The molecule has 1 aromatic rings. The standard InChI is InChI=1S/C18H23NO4/c1-18(2,3)23-17(21)19-10-13-9-14(13)15(19)16(20)22-11-12-7-5-4-6-8-12/h4-8,13-15H,9-11H2,1-3H3/t13-,14-,15+/m0/s1. The molecule has 3 rings (SSSR count). The molecule has 0 bridgehead atoms. The lowest BCUT2D eigenvalue weighted by Gasteiger charge is -2.29. The molecule has 23 heavy (non-hydrogen) atoms. The molecule has 1 aromatic carbocycles. The smallest absolute Gasteiger partial charge is 0.411 e. The van der Waals surface area contributed by atoms with Gasteiger partial charge in [-0.15, -0.1) is 0 Å². The van der Waals surface area contributed by atoms with Crippen molar-refractivity contribution in [3.8, 4) is 0 Å². The van der Waals surface area contributed by atoms with E-state index in [1.807, 2.05) is 51.1 Å². The van der Waals surface area contributed by atoms with Gasteiger partial charge in [-0.2, -0.15) is 0 Å². The lowest BCUT2D eigenvalue weighted by molar-refractivity contribution is -0.151. The number of piperidine rings is 1. The highest BCUT2D eigenvalue weighted by Crippen LogP contribution is 2.50. The Morgan fingerprint density at radius 1 is 1.22 bits per heavy atom. The maximum atomic E-state index is 12.5. The molecule has 0 spiro atoms. The van der Waals surface area contributed by atoms with Crippen LogP contribution in [0.2, 0.25) is 0 Å². The Hall–Kier alpha value is -2.04. The van der Waals surface area contributed by atoms with E-state index in [2.05, 4.69) is 0 Å². The summed E-state index contributed by atoms with van der Waals surface area (Å²) in [4.78, 5) is 26.3. The second kappa shape index (κ2) is 5.87. The summed E-state index contributed by atoms with van der Waals surface area (Å²) < 4.78 is 10.8. The van der Waals surface area contributed by atoms with Gasteiger partial charge in [0.2, 0.25) is 0 Å². The zero-order chi connectivity index (χ0) is 16.6. The van der Waals surface area contributed by atoms with Gasteiger partial charge >= 0.3 is 12.1 Å². The summed E-state index contributed by atoms with van der Waals surface area (Å²) in [5, 5.41) is 0. The Morgan fingerprint density at radius 2 is 1.91 bits per heavy atom. The highest BCUT2D eigenvalue weighted by Gasteiger charge is 2.58. The molecule has 1 saturated heterocycles. The van der Waals surface area contributed by atoms with Crippen LogP contribution in [0.4, 0.5) is 4.79 Å². The number of ether oxygens (including phenoxy) is 2. The van der Waals surface area contributed by atoms with E-state index in [-0.39, 0.29) is 18.5 Å². The molecule has 1 aliphatic carbocycles. The van der Waals surface area contributed by atoms with E-state index in [0.717, 1.165) is 12.0 Å². The largest absolute Gasteiger partial charge is 0.459 e. The fraction of sp³-hybridized carbons (Fsp3) is 0.556. The lowest BCUT2D eigenvalue weighted by atomic mass is 10.2. The fourth-order valence-electron chi connectivity index (χ4n) is 3.09. The molecular weight excluding hydrogens is 294 g/mol. The van der Waals surface area contributed by atoms with Crippen LogP contribution in [0.3, 0.4) is 0 Å². The number of rotatable bonds is 3. The van der Waals surface area contributed by atoms with Crippen molar-refractivity contribution in [1.82, 2.24) is 4.90 Å². The van der Waals surface area contributed by atoms with Crippen LogP contribution >= 0.6 is 0 Å². The van der Waals surface area contributed by atoms with Gasteiger partial charge in [0.25, 0.3) is 0 Å². The van der Waals surface area contributed by atoms with Crippen molar-refractivity contribution in [2.24, 2.45) is 11.8 Å². The monoisotopic (exact) mass is 317 g/mol. The molecule has 3 atom stereocenters. The van der Waals surface area contributed by atoms with Gasteiger partial charge in [-0.05, 0) is 44.6 Å². The van der Waals surface area contributed by atoms with E-state index in [1.54, 1.807) is 0 Å². The average molecular weight is 317 g/mol. The molecule has 1 saturated carbocycles. The van der Waals surface area contributed by atoms with E-state index in [1.165, 1.54) is 4.90 Å². The van der Waals surface area contributed by atoms with Crippen LogP contribution in [0.25, 0.3) is 0 Å². The first kappa shape index (κ1) is 15.8. The molecule has 1 amide bonds. The summed E-state index contributed by atoms with van der Waals surface area (Å²) in [5.74, 6) is 0.312. The maximum Gasteiger partial charge on any atom is 0.411 e. The third-order valence-corrected chi connectivity index (χ3v) is 4.24. The van der Waals surface area contributed by atoms with Crippen LogP contribution < -0.4 is 0 Å². The third kappa shape index (κ3) is 3.66. The minimum Gasteiger partial charge on any atom is -0.459 e. The number of likely N-dealkylation sites (tertiary alicyclic amines) is 1. The van der Waals surface area contributed by atoms with Gasteiger partial charge in [0.15, 0.2) is 0 Å². The molecule has 0 unspecified atom stereocenters. The minimum absolute atomic E-state index is 0.228. The number of esters is 1. The molecule has 0 N–H and O–H groups in total. The average Bonchev–Trinajstić information content (AvgIpc) is 3.14. The van der Waals surface area contributed by atoms with Gasteiger partial charge in [0, 0.05) is 6.54 Å². The first-order valence-electron chi connectivity index (χ1n) is 8.05. The van der Waals surface area contributed by atoms with Crippen LogP contribution in [0.1, 0.15) is 32.8 Å². The number of benzene rings is 1. The van der Waals surface area contributed by atoms with Crippen molar-refractivity contribution in [1.29, 1.82) is 0 Å². The first-order chi connectivity index (χ1) is 10.8. The van der Waals surface area contributed by atoms with Gasteiger partial charge in [-0.3, -0.25) is 4.90 Å². The number of carbonyl (C=O) groups is 2. The SMILES string of the molecule is CC(C)(C)OC(=O)N1C[C@@H]2C[C@@H]2[C@@H]1C(=O)OCc1ccccc1. The second-order valence-electron chi connectivity index (χ2n) is 7.33. The molecule has 1 heterocycles.